The van der Waals surface area contributed by atoms with Gasteiger partial charge in [0.1, 0.15) is 12.4 Å². The molecule has 1 aromatic carbocycles. The highest BCUT2D eigenvalue weighted by atomic mass is 16.5. The molecule has 0 radical (unpaired) electrons. The van der Waals surface area contributed by atoms with Crippen LogP contribution in [0.4, 0.5) is 5.82 Å². The first-order chi connectivity index (χ1) is 14.0. The minimum atomic E-state index is 0.487. The lowest BCUT2D eigenvalue weighted by atomic mass is 9.99. The van der Waals surface area contributed by atoms with Crippen LogP contribution in [0.25, 0.3) is 0 Å². The number of hydrogen-bond acceptors (Lipinski definition) is 5. The van der Waals surface area contributed by atoms with Gasteiger partial charge in [-0.05, 0) is 60.6 Å². The largest absolute Gasteiger partial charge is 0.493 e. The molecule has 29 heavy (non-hydrogen) atoms. The van der Waals surface area contributed by atoms with E-state index in [2.05, 4.69) is 46.9 Å². The van der Waals surface area contributed by atoms with Crippen LogP contribution >= 0.6 is 0 Å². The Bertz CT molecular complexity index is 796. The van der Waals surface area contributed by atoms with Crippen molar-refractivity contribution >= 4 is 5.82 Å². The number of methoxy groups -OCH3 is 1. The van der Waals surface area contributed by atoms with E-state index in [1.807, 2.05) is 25.3 Å². The average molecular weight is 396 g/mol. The molecule has 0 spiro atoms. The van der Waals surface area contributed by atoms with Crippen molar-refractivity contribution in [1.82, 2.24) is 10.3 Å². The Balaban J connectivity index is 1.51. The van der Waals surface area contributed by atoms with Crippen molar-refractivity contribution in [3.05, 3.63) is 59.8 Å². The van der Waals surface area contributed by atoms with Crippen molar-refractivity contribution in [2.45, 2.75) is 39.8 Å². The Labute approximate surface area is 174 Å². The molecule has 2 aromatic rings. The zero-order chi connectivity index (χ0) is 20.6. The van der Waals surface area contributed by atoms with E-state index in [4.69, 9.17) is 9.47 Å². The molecule has 0 atom stereocenters. The molecule has 0 saturated carbocycles. The second kappa shape index (κ2) is 10.3. The molecule has 2 heterocycles. The van der Waals surface area contributed by atoms with Crippen molar-refractivity contribution < 1.29 is 9.47 Å². The first-order valence-corrected chi connectivity index (χ1v) is 10.4. The van der Waals surface area contributed by atoms with Crippen molar-refractivity contribution in [1.29, 1.82) is 0 Å². The molecule has 1 aliphatic rings. The van der Waals surface area contributed by atoms with Gasteiger partial charge in [-0.1, -0.05) is 25.6 Å². The molecule has 5 nitrogen and oxygen atoms in total. The van der Waals surface area contributed by atoms with Crippen LogP contribution in [0.2, 0.25) is 0 Å². The minimum absolute atomic E-state index is 0.487. The van der Waals surface area contributed by atoms with Gasteiger partial charge in [-0.3, -0.25) is 0 Å². The molecule has 1 aromatic heterocycles. The van der Waals surface area contributed by atoms with Gasteiger partial charge in [0.05, 0.1) is 7.11 Å². The molecule has 5 heteroatoms. The molecule has 0 amide bonds. The van der Waals surface area contributed by atoms with E-state index in [0.717, 1.165) is 60.6 Å². The van der Waals surface area contributed by atoms with Gasteiger partial charge in [0.25, 0.3) is 0 Å². The maximum atomic E-state index is 5.81. The van der Waals surface area contributed by atoms with Crippen LogP contribution in [0.1, 0.15) is 37.8 Å². The molecule has 1 N–H and O–H groups in total. The third kappa shape index (κ3) is 6.23. The SMILES string of the molecule is C=C(C)COc1cc(CNCc2ccc(N3CCC(C)CC3)nc2)ccc1OC. The second-order valence-corrected chi connectivity index (χ2v) is 8.03. The van der Waals surface area contributed by atoms with Crippen LogP contribution in [0.15, 0.2) is 48.7 Å². The Hall–Kier alpha value is -2.53. The molecular formula is C24H33N3O2. The summed E-state index contributed by atoms with van der Waals surface area (Å²) in [6.07, 6.45) is 4.49. The summed E-state index contributed by atoms with van der Waals surface area (Å²) in [5, 5.41) is 3.48. The highest BCUT2D eigenvalue weighted by Gasteiger charge is 2.16. The third-order valence-electron chi connectivity index (χ3n) is 5.28. The summed E-state index contributed by atoms with van der Waals surface area (Å²) in [4.78, 5) is 7.06. The molecular weight excluding hydrogens is 362 g/mol. The van der Waals surface area contributed by atoms with Crippen LogP contribution < -0.4 is 19.7 Å². The van der Waals surface area contributed by atoms with Gasteiger partial charge in [0, 0.05) is 32.4 Å². The smallest absolute Gasteiger partial charge is 0.161 e. The van der Waals surface area contributed by atoms with Crippen LogP contribution in [0, 0.1) is 5.92 Å². The Kier molecular flexibility index (Phi) is 7.53. The lowest BCUT2D eigenvalue weighted by Crippen LogP contribution is -2.33. The highest BCUT2D eigenvalue weighted by Crippen LogP contribution is 2.28. The first-order valence-electron chi connectivity index (χ1n) is 10.4. The quantitative estimate of drug-likeness (QED) is 0.630. The first kappa shape index (κ1) is 21.2. The van der Waals surface area contributed by atoms with Gasteiger partial charge >= 0.3 is 0 Å². The minimum Gasteiger partial charge on any atom is -0.493 e. The van der Waals surface area contributed by atoms with Crippen LogP contribution in [-0.4, -0.2) is 31.8 Å². The number of nitrogens with zero attached hydrogens (tertiary/aromatic N) is 2. The second-order valence-electron chi connectivity index (χ2n) is 8.03. The molecule has 0 aliphatic carbocycles. The van der Waals surface area contributed by atoms with Gasteiger partial charge < -0.3 is 19.7 Å². The fourth-order valence-corrected chi connectivity index (χ4v) is 3.44. The van der Waals surface area contributed by atoms with Crippen molar-refractivity contribution in [2.75, 3.05) is 31.7 Å². The molecule has 156 valence electrons. The number of nitrogens with one attached hydrogen (secondary N) is 1. The fraction of sp³-hybridized carbons (Fsp3) is 0.458. The predicted molar refractivity (Wildman–Crippen MR) is 119 cm³/mol. The Morgan fingerprint density at radius 1 is 1.14 bits per heavy atom. The number of piperidine rings is 1. The van der Waals surface area contributed by atoms with E-state index < -0.39 is 0 Å². The van der Waals surface area contributed by atoms with Crippen LogP contribution in [0.5, 0.6) is 11.5 Å². The van der Waals surface area contributed by atoms with Gasteiger partial charge in [-0.2, -0.15) is 0 Å². The maximum Gasteiger partial charge on any atom is 0.161 e. The lowest BCUT2D eigenvalue weighted by Gasteiger charge is -2.31. The van der Waals surface area contributed by atoms with Crippen molar-refractivity contribution in [2.24, 2.45) is 5.92 Å². The summed E-state index contributed by atoms with van der Waals surface area (Å²) in [5.41, 5.74) is 3.31. The molecule has 1 saturated heterocycles. The van der Waals surface area contributed by atoms with Gasteiger partial charge in [0.15, 0.2) is 11.5 Å². The summed E-state index contributed by atoms with van der Waals surface area (Å²) >= 11 is 0. The van der Waals surface area contributed by atoms with E-state index in [1.165, 1.54) is 18.4 Å². The number of aromatic nitrogens is 1. The molecule has 0 unspecified atom stereocenters. The van der Waals surface area contributed by atoms with E-state index in [0.29, 0.717) is 6.61 Å². The lowest BCUT2D eigenvalue weighted by molar-refractivity contribution is 0.319. The summed E-state index contributed by atoms with van der Waals surface area (Å²) in [6, 6.07) is 10.3. The standard InChI is InChI=1S/C24H33N3O2/c1-18(2)17-29-23-13-20(5-7-22(23)28-4)14-25-15-21-6-8-24(26-16-21)27-11-9-19(3)10-12-27/h5-8,13,16,19,25H,1,9-12,14-15,17H2,2-4H3. The van der Waals surface area contributed by atoms with E-state index in [1.54, 1.807) is 7.11 Å². The highest BCUT2D eigenvalue weighted by molar-refractivity contribution is 5.43. The number of hydrogen-bond donors (Lipinski definition) is 1. The number of pyridine rings is 1. The number of ether oxygens (including phenoxy) is 2. The van der Waals surface area contributed by atoms with Crippen LogP contribution in [-0.2, 0) is 13.1 Å². The normalized spacial score (nSPS) is 14.7. The van der Waals surface area contributed by atoms with Crippen LogP contribution in [0.3, 0.4) is 0 Å². The monoisotopic (exact) mass is 395 g/mol. The van der Waals surface area contributed by atoms with E-state index >= 15 is 0 Å². The fourth-order valence-electron chi connectivity index (χ4n) is 3.44. The summed E-state index contributed by atoms with van der Waals surface area (Å²) in [7, 11) is 1.65. The summed E-state index contributed by atoms with van der Waals surface area (Å²) in [5.74, 6) is 3.41. The zero-order valence-corrected chi connectivity index (χ0v) is 17.9. The molecule has 0 bridgehead atoms. The Morgan fingerprint density at radius 3 is 2.52 bits per heavy atom. The summed E-state index contributed by atoms with van der Waals surface area (Å²) in [6.45, 7) is 12.4. The molecule has 3 rings (SSSR count). The van der Waals surface area contributed by atoms with Gasteiger partial charge in [0.2, 0.25) is 0 Å². The average Bonchev–Trinajstić information content (AvgIpc) is 2.73. The van der Waals surface area contributed by atoms with Gasteiger partial charge in [-0.15, -0.1) is 0 Å². The maximum absolute atomic E-state index is 5.81. The number of benzene rings is 1. The number of anilines is 1. The van der Waals surface area contributed by atoms with Gasteiger partial charge in [-0.25, -0.2) is 4.98 Å². The van der Waals surface area contributed by atoms with Crippen molar-refractivity contribution in [3.8, 4) is 11.5 Å². The molecule has 1 fully saturated rings. The number of rotatable bonds is 9. The van der Waals surface area contributed by atoms with E-state index in [9.17, 15) is 0 Å². The summed E-state index contributed by atoms with van der Waals surface area (Å²) < 4.78 is 11.2. The van der Waals surface area contributed by atoms with Crippen molar-refractivity contribution in [3.63, 3.8) is 0 Å². The predicted octanol–water partition coefficient (Wildman–Crippen LogP) is 4.57. The Morgan fingerprint density at radius 2 is 1.86 bits per heavy atom. The molecule has 1 aliphatic heterocycles. The van der Waals surface area contributed by atoms with E-state index in [-0.39, 0.29) is 0 Å². The third-order valence-corrected chi connectivity index (χ3v) is 5.28. The zero-order valence-electron chi connectivity index (χ0n) is 17.9. The topological polar surface area (TPSA) is 46.6 Å².